The summed E-state index contributed by atoms with van der Waals surface area (Å²) in [6, 6.07) is 6.59. The van der Waals surface area contributed by atoms with Gasteiger partial charge in [-0.3, -0.25) is 9.59 Å². The molecule has 2 rings (SSSR count). The first-order valence-corrected chi connectivity index (χ1v) is 8.36. The van der Waals surface area contributed by atoms with Crippen LogP contribution in [0.2, 0.25) is 5.02 Å². The minimum Gasteiger partial charge on any atom is -0.481 e. The van der Waals surface area contributed by atoms with Gasteiger partial charge in [0.1, 0.15) is 5.82 Å². The summed E-state index contributed by atoms with van der Waals surface area (Å²) in [5, 5.41) is 12.0. The lowest BCUT2D eigenvalue weighted by atomic mass is 10.3. The molecule has 0 saturated heterocycles. The molecule has 132 valence electrons. The fraction of sp³-hybridized carbons (Fsp3) is 0.214. The number of anilines is 1. The maximum atomic E-state index is 11.9. The van der Waals surface area contributed by atoms with Gasteiger partial charge in [0.2, 0.25) is 5.91 Å². The highest BCUT2D eigenvalue weighted by Crippen LogP contribution is 2.15. The molecule has 0 spiro atoms. The van der Waals surface area contributed by atoms with Gasteiger partial charge in [0.15, 0.2) is 5.16 Å². The Bertz CT molecular complexity index is 840. The number of halogens is 1. The van der Waals surface area contributed by atoms with Crippen LogP contribution in [0.5, 0.6) is 0 Å². The average Bonchev–Trinajstić information content (AvgIpc) is 2.56. The number of carbonyl (C=O) groups is 2. The van der Waals surface area contributed by atoms with E-state index in [1.54, 1.807) is 24.3 Å². The Morgan fingerprint density at radius 1 is 1.28 bits per heavy atom. The molecule has 0 bridgehead atoms. The Morgan fingerprint density at radius 3 is 2.60 bits per heavy atom. The van der Waals surface area contributed by atoms with E-state index < -0.39 is 11.7 Å². The molecular formula is C14H14ClN5O4S. The minimum absolute atomic E-state index is 0.0197. The second-order valence-corrected chi connectivity index (χ2v) is 6.19. The van der Waals surface area contributed by atoms with E-state index in [1.165, 1.54) is 0 Å². The maximum absolute atomic E-state index is 11.9. The van der Waals surface area contributed by atoms with Crippen LogP contribution < -0.4 is 16.8 Å². The number of hydrogen-bond donors (Lipinski definition) is 3. The molecule has 0 aliphatic rings. The number of benzene rings is 1. The van der Waals surface area contributed by atoms with E-state index in [1.807, 2.05) is 0 Å². The zero-order chi connectivity index (χ0) is 18.4. The zero-order valence-corrected chi connectivity index (χ0v) is 14.4. The van der Waals surface area contributed by atoms with E-state index >= 15 is 0 Å². The van der Waals surface area contributed by atoms with Crippen molar-refractivity contribution >= 4 is 40.9 Å². The number of carboxylic acids is 1. The number of nitrogens with one attached hydrogen (secondary N) is 1. The van der Waals surface area contributed by atoms with E-state index in [-0.39, 0.29) is 35.5 Å². The summed E-state index contributed by atoms with van der Waals surface area (Å²) in [5.74, 6) is 4.19. The van der Waals surface area contributed by atoms with Gasteiger partial charge in [0, 0.05) is 17.1 Å². The SMILES string of the molecule is Nn1c(CCC(=O)O)nc(SCC(=O)Nc2ccc(Cl)cc2)nc1=O. The van der Waals surface area contributed by atoms with Crippen LogP contribution in [0.1, 0.15) is 12.2 Å². The third kappa shape index (κ3) is 5.76. The number of nitrogens with zero attached hydrogens (tertiary/aromatic N) is 3. The summed E-state index contributed by atoms with van der Waals surface area (Å²) in [4.78, 5) is 41.9. The number of rotatable bonds is 7. The number of nitrogen functional groups attached to an aromatic ring is 1. The molecule has 1 aromatic heterocycles. The number of aryl methyl sites for hydroxylation is 1. The molecule has 0 aliphatic heterocycles. The summed E-state index contributed by atoms with van der Waals surface area (Å²) in [6.07, 6.45) is -0.247. The zero-order valence-electron chi connectivity index (χ0n) is 12.8. The first kappa shape index (κ1) is 18.7. The monoisotopic (exact) mass is 383 g/mol. The smallest absolute Gasteiger partial charge is 0.370 e. The lowest BCUT2D eigenvalue weighted by Crippen LogP contribution is -2.34. The predicted octanol–water partition coefficient (Wildman–Crippen LogP) is 0.753. The van der Waals surface area contributed by atoms with Crippen LogP contribution in [0.15, 0.2) is 34.2 Å². The molecule has 1 heterocycles. The van der Waals surface area contributed by atoms with Crippen LogP contribution in [-0.2, 0) is 16.0 Å². The van der Waals surface area contributed by atoms with Crippen LogP contribution in [0.3, 0.4) is 0 Å². The van der Waals surface area contributed by atoms with Crippen molar-refractivity contribution in [3.63, 3.8) is 0 Å². The van der Waals surface area contributed by atoms with Gasteiger partial charge in [-0.1, -0.05) is 23.4 Å². The van der Waals surface area contributed by atoms with Gasteiger partial charge in [-0.25, -0.2) is 9.78 Å². The Morgan fingerprint density at radius 2 is 1.96 bits per heavy atom. The summed E-state index contributed by atoms with van der Waals surface area (Å²) in [6.45, 7) is 0. The van der Waals surface area contributed by atoms with E-state index in [9.17, 15) is 14.4 Å². The molecule has 0 fully saturated rings. The van der Waals surface area contributed by atoms with Crippen molar-refractivity contribution in [1.29, 1.82) is 0 Å². The van der Waals surface area contributed by atoms with Gasteiger partial charge in [-0.05, 0) is 24.3 Å². The molecule has 0 saturated carbocycles. The van der Waals surface area contributed by atoms with Crippen molar-refractivity contribution in [1.82, 2.24) is 14.6 Å². The highest BCUT2D eigenvalue weighted by molar-refractivity contribution is 7.99. The van der Waals surface area contributed by atoms with Crippen molar-refractivity contribution in [3.05, 3.63) is 45.6 Å². The fourth-order valence-electron chi connectivity index (χ4n) is 1.76. The van der Waals surface area contributed by atoms with Crippen molar-refractivity contribution in [2.75, 3.05) is 16.9 Å². The minimum atomic E-state index is -1.04. The third-order valence-electron chi connectivity index (χ3n) is 2.92. The van der Waals surface area contributed by atoms with E-state index in [2.05, 4.69) is 15.3 Å². The van der Waals surface area contributed by atoms with E-state index in [4.69, 9.17) is 22.6 Å². The van der Waals surface area contributed by atoms with Crippen molar-refractivity contribution in [2.24, 2.45) is 0 Å². The molecule has 2 aromatic rings. The summed E-state index contributed by atoms with van der Waals surface area (Å²) in [5.41, 5.74) is -0.188. The topological polar surface area (TPSA) is 140 Å². The molecule has 11 heteroatoms. The number of carboxylic acid groups (broad SMARTS) is 1. The van der Waals surface area contributed by atoms with Crippen molar-refractivity contribution in [3.8, 4) is 0 Å². The average molecular weight is 384 g/mol. The van der Waals surface area contributed by atoms with Crippen molar-refractivity contribution in [2.45, 2.75) is 18.0 Å². The van der Waals surface area contributed by atoms with Crippen LogP contribution in [0, 0.1) is 0 Å². The summed E-state index contributed by atoms with van der Waals surface area (Å²) in [7, 11) is 0. The lowest BCUT2D eigenvalue weighted by Gasteiger charge is -2.07. The quantitative estimate of drug-likeness (QED) is 0.470. The third-order valence-corrected chi connectivity index (χ3v) is 4.02. The largest absolute Gasteiger partial charge is 0.481 e. The van der Waals surface area contributed by atoms with Gasteiger partial charge < -0.3 is 16.3 Å². The van der Waals surface area contributed by atoms with E-state index in [0.717, 1.165) is 11.8 Å². The second-order valence-electron chi connectivity index (χ2n) is 4.81. The molecule has 25 heavy (non-hydrogen) atoms. The van der Waals surface area contributed by atoms with Gasteiger partial charge in [0.05, 0.1) is 12.2 Å². The molecule has 4 N–H and O–H groups in total. The van der Waals surface area contributed by atoms with Crippen LogP contribution in [-0.4, -0.2) is 37.4 Å². The number of amides is 1. The highest BCUT2D eigenvalue weighted by Gasteiger charge is 2.12. The number of aromatic nitrogens is 3. The number of hydrogen-bond acceptors (Lipinski definition) is 7. The van der Waals surface area contributed by atoms with E-state index in [0.29, 0.717) is 15.4 Å². The number of aliphatic carboxylic acids is 1. The molecule has 0 aliphatic carbocycles. The predicted molar refractivity (Wildman–Crippen MR) is 93.2 cm³/mol. The molecule has 0 atom stereocenters. The molecule has 1 amide bonds. The maximum Gasteiger partial charge on any atom is 0.370 e. The number of carbonyl (C=O) groups excluding carboxylic acids is 1. The van der Waals surface area contributed by atoms with Crippen molar-refractivity contribution < 1.29 is 14.7 Å². The Labute approximate surface area is 151 Å². The van der Waals surface area contributed by atoms with Crippen LogP contribution in [0.4, 0.5) is 5.69 Å². The van der Waals surface area contributed by atoms with Gasteiger partial charge in [-0.2, -0.15) is 9.66 Å². The molecule has 9 nitrogen and oxygen atoms in total. The lowest BCUT2D eigenvalue weighted by molar-refractivity contribution is -0.137. The number of nitrogens with two attached hydrogens (primary N) is 1. The standard InChI is InChI=1S/C14H14ClN5O4S/c15-8-1-3-9(4-2-8)17-11(21)7-25-13-18-10(5-6-12(22)23)20(16)14(24)19-13/h1-4H,5-7,16H2,(H,17,21)(H,22,23). The summed E-state index contributed by atoms with van der Waals surface area (Å²) >= 11 is 6.71. The molecule has 0 radical (unpaired) electrons. The Balaban J connectivity index is 1.99. The summed E-state index contributed by atoms with van der Waals surface area (Å²) < 4.78 is 0.695. The van der Waals surface area contributed by atoms with Crippen LogP contribution >= 0.6 is 23.4 Å². The first-order valence-electron chi connectivity index (χ1n) is 7.00. The fourth-order valence-corrected chi connectivity index (χ4v) is 2.53. The molecule has 0 unspecified atom stereocenters. The molecule has 1 aromatic carbocycles. The van der Waals surface area contributed by atoms with Gasteiger partial charge in [-0.15, -0.1) is 0 Å². The van der Waals surface area contributed by atoms with Gasteiger partial charge >= 0.3 is 11.7 Å². The first-order chi connectivity index (χ1) is 11.8. The highest BCUT2D eigenvalue weighted by atomic mass is 35.5. The Kier molecular flexibility index (Phi) is 6.37. The number of thioether (sulfide) groups is 1. The normalized spacial score (nSPS) is 10.4. The van der Waals surface area contributed by atoms with Crippen LogP contribution in [0.25, 0.3) is 0 Å². The Hall–Kier alpha value is -2.59. The molecular weight excluding hydrogens is 370 g/mol. The van der Waals surface area contributed by atoms with Gasteiger partial charge in [0.25, 0.3) is 0 Å². The second kappa shape index (κ2) is 8.49.